The van der Waals surface area contributed by atoms with Gasteiger partial charge in [0.15, 0.2) is 0 Å². The highest BCUT2D eigenvalue weighted by Gasteiger charge is 2.09. The van der Waals surface area contributed by atoms with Crippen molar-refractivity contribution in [3.63, 3.8) is 0 Å². The molecule has 0 radical (unpaired) electrons. The van der Waals surface area contributed by atoms with Gasteiger partial charge in [-0.3, -0.25) is 4.40 Å². The maximum absolute atomic E-state index is 4.57. The summed E-state index contributed by atoms with van der Waals surface area (Å²) in [6.07, 6.45) is 5.50. The van der Waals surface area contributed by atoms with Crippen LogP contribution in [0.1, 0.15) is 17.0 Å². The molecule has 0 saturated heterocycles. The summed E-state index contributed by atoms with van der Waals surface area (Å²) in [5, 5.41) is 0. The average molecular weight is 316 g/mol. The zero-order chi connectivity index (χ0) is 13.2. The molecule has 0 saturated carbocycles. The van der Waals surface area contributed by atoms with E-state index >= 15 is 0 Å². The van der Waals surface area contributed by atoms with Gasteiger partial charge in [0.05, 0.1) is 5.52 Å². The second kappa shape index (κ2) is 5.13. The molecule has 0 unspecified atom stereocenters. The molecule has 96 valence electrons. The number of aryl methyl sites for hydroxylation is 3. The maximum atomic E-state index is 4.57. The van der Waals surface area contributed by atoms with E-state index in [0.717, 1.165) is 28.8 Å². The molecule has 0 amide bonds. The van der Waals surface area contributed by atoms with Gasteiger partial charge in [-0.2, -0.15) is 0 Å². The standard InChI is InChI=1S/C15H14BrN3/c1-11-4-2-3-5-12(11)6-7-14-18-15(16)13-8-9-17-10-19(13)14/h2-5,8-10H,6-7H2,1H3. The lowest BCUT2D eigenvalue weighted by Gasteiger charge is -2.04. The first-order valence-corrected chi connectivity index (χ1v) is 7.06. The van der Waals surface area contributed by atoms with Crippen molar-refractivity contribution >= 4 is 21.4 Å². The molecule has 4 heteroatoms. The summed E-state index contributed by atoms with van der Waals surface area (Å²) >= 11 is 3.50. The first-order valence-electron chi connectivity index (χ1n) is 6.26. The van der Waals surface area contributed by atoms with Crippen molar-refractivity contribution in [2.24, 2.45) is 0 Å². The minimum absolute atomic E-state index is 0.884. The van der Waals surface area contributed by atoms with Crippen molar-refractivity contribution in [2.45, 2.75) is 19.8 Å². The van der Waals surface area contributed by atoms with Gasteiger partial charge in [-0.1, -0.05) is 24.3 Å². The summed E-state index contributed by atoms with van der Waals surface area (Å²) < 4.78 is 2.93. The van der Waals surface area contributed by atoms with Crippen molar-refractivity contribution in [1.82, 2.24) is 14.4 Å². The number of rotatable bonds is 3. The minimum atomic E-state index is 0.884. The zero-order valence-corrected chi connectivity index (χ0v) is 12.3. The van der Waals surface area contributed by atoms with Crippen LogP contribution in [0.2, 0.25) is 0 Å². The van der Waals surface area contributed by atoms with E-state index in [1.165, 1.54) is 11.1 Å². The van der Waals surface area contributed by atoms with E-state index in [1.54, 1.807) is 6.20 Å². The van der Waals surface area contributed by atoms with E-state index in [4.69, 9.17) is 0 Å². The molecule has 0 spiro atoms. The van der Waals surface area contributed by atoms with Gasteiger partial charge in [-0.25, -0.2) is 9.97 Å². The highest BCUT2D eigenvalue weighted by molar-refractivity contribution is 9.10. The van der Waals surface area contributed by atoms with E-state index in [9.17, 15) is 0 Å². The van der Waals surface area contributed by atoms with Crippen molar-refractivity contribution in [2.75, 3.05) is 0 Å². The van der Waals surface area contributed by atoms with E-state index < -0.39 is 0 Å². The Kier molecular flexibility index (Phi) is 3.34. The van der Waals surface area contributed by atoms with Crippen molar-refractivity contribution in [3.8, 4) is 0 Å². The number of fused-ring (bicyclic) bond motifs is 1. The third-order valence-electron chi connectivity index (χ3n) is 3.36. The van der Waals surface area contributed by atoms with Gasteiger partial charge >= 0.3 is 0 Å². The lowest BCUT2D eigenvalue weighted by molar-refractivity contribution is 0.839. The van der Waals surface area contributed by atoms with Gasteiger partial charge < -0.3 is 0 Å². The molecular formula is C15H14BrN3. The van der Waals surface area contributed by atoms with Crippen molar-refractivity contribution in [1.29, 1.82) is 0 Å². The van der Waals surface area contributed by atoms with Crippen molar-refractivity contribution < 1.29 is 0 Å². The largest absolute Gasteiger partial charge is 0.286 e. The van der Waals surface area contributed by atoms with Gasteiger partial charge in [0.25, 0.3) is 0 Å². The fraction of sp³-hybridized carbons (Fsp3) is 0.200. The Morgan fingerprint density at radius 3 is 2.84 bits per heavy atom. The first-order chi connectivity index (χ1) is 9.25. The van der Waals surface area contributed by atoms with Crippen LogP contribution in [0.25, 0.3) is 5.52 Å². The number of imidazole rings is 1. The molecule has 1 aromatic carbocycles. The molecule has 0 aliphatic rings. The Labute approximate surface area is 120 Å². The van der Waals surface area contributed by atoms with E-state index in [0.29, 0.717) is 0 Å². The fourth-order valence-electron chi connectivity index (χ4n) is 2.27. The smallest absolute Gasteiger partial charge is 0.132 e. The summed E-state index contributed by atoms with van der Waals surface area (Å²) in [5.74, 6) is 1.04. The van der Waals surface area contributed by atoms with Crippen LogP contribution in [-0.2, 0) is 12.8 Å². The third kappa shape index (κ3) is 2.40. The van der Waals surface area contributed by atoms with E-state index in [1.807, 2.05) is 16.8 Å². The molecule has 0 atom stereocenters. The molecule has 0 aliphatic carbocycles. The molecule has 3 aromatic rings. The van der Waals surface area contributed by atoms with Crippen LogP contribution in [0.4, 0.5) is 0 Å². The minimum Gasteiger partial charge on any atom is -0.286 e. The summed E-state index contributed by atoms with van der Waals surface area (Å²) in [6.45, 7) is 2.15. The predicted molar refractivity (Wildman–Crippen MR) is 79.3 cm³/mol. The SMILES string of the molecule is Cc1ccccc1CCc1nc(Br)c2ccncn12. The number of halogens is 1. The Morgan fingerprint density at radius 2 is 2.00 bits per heavy atom. The van der Waals surface area contributed by atoms with Gasteiger partial charge in [0.1, 0.15) is 16.8 Å². The quantitative estimate of drug-likeness (QED) is 0.739. The van der Waals surface area contributed by atoms with Crippen LogP contribution in [0, 0.1) is 6.92 Å². The van der Waals surface area contributed by atoms with Crippen LogP contribution in [0.5, 0.6) is 0 Å². The van der Waals surface area contributed by atoms with Crippen LogP contribution in [0.3, 0.4) is 0 Å². The summed E-state index contributed by atoms with van der Waals surface area (Å²) in [5.41, 5.74) is 3.77. The molecular weight excluding hydrogens is 302 g/mol. The highest BCUT2D eigenvalue weighted by Crippen LogP contribution is 2.19. The highest BCUT2D eigenvalue weighted by atomic mass is 79.9. The molecule has 2 heterocycles. The number of benzene rings is 1. The lowest BCUT2D eigenvalue weighted by atomic mass is 10.0. The Hall–Kier alpha value is -1.68. The molecule has 0 bridgehead atoms. The van der Waals surface area contributed by atoms with Gasteiger partial charge in [-0.05, 0) is 46.5 Å². The molecule has 0 aliphatic heterocycles. The van der Waals surface area contributed by atoms with Gasteiger partial charge in [0, 0.05) is 12.6 Å². The summed E-state index contributed by atoms with van der Waals surface area (Å²) in [7, 11) is 0. The Balaban J connectivity index is 1.88. The second-order valence-corrected chi connectivity index (χ2v) is 5.33. The molecule has 3 nitrogen and oxygen atoms in total. The lowest BCUT2D eigenvalue weighted by Crippen LogP contribution is -1.99. The van der Waals surface area contributed by atoms with Crippen LogP contribution in [-0.4, -0.2) is 14.4 Å². The number of aromatic nitrogens is 3. The van der Waals surface area contributed by atoms with Crippen molar-refractivity contribution in [3.05, 3.63) is 64.4 Å². The third-order valence-corrected chi connectivity index (χ3v) is 3.94. The average Bonchev–Trinajstić information content (AvgIpc) is 2.75. The molecule has 2 aromatic heterocycles. The molecule has 0 N–H and O–H groups in total. The maximum Gasteiger partial charge on any atom is 0.132 e. The Morgan fingerprint density at radius 1 is 1.16 bits per heavy atom. The van der Waals surface area contributed by atoms with Crippen LogP contribution < -0.4 is 0 Å². The summed E-state index contributed by atoms with van der Waals surface area (Å²) in [6, 6.07) is 10.5. The molecule has 3 rings (SSSR count). The van der Waals surface area contributed by atoms with Gasteiger partial charge in [-0.15, -0.1) is 0 Å². The topological polar surface area (TPSA) is 30.2 Å². The van der Waals surface area contributed by atoms with Crippen LogP contribution >= 0.6 is 15.9 Å². The molecule has 0 fully saturated rings. The van der Waals surface area contributed by atoms with Gasteiger partial charge in [0.2, 0.25) is 0 Å². The molecule has 19 heavy (non-hydrogen) atoms. The Bertz CT molecular complexity index is 718. The van der Waals surface area contributed by atoms with E-state index in [-0.39, 0.29) is 0 Å². The normalized spacial score (nSPS) is 11.1. The summed E-state index contributed by atoms with van der Waals surface area (Å²) in [4.78, 5) is 8.74. The predicted octanol–water partition coefficient (Wildman–Crippen LogP) is 3.59. The fourth-order valence-corrected chi connectivity index (χ4v) is 2.80. The van der Waals surface area contributed by atoms with Crippen LogP contribution in [0.15, 0.2) is 47.5 Å². The number of hydrogen-bond donors (Lipinski definition) is 0. The number of hydrogen-bond acceptors (Lipinski definition) is 2. The number of nitrogens with zero attached hydrogens (tertiary/aromatic N) is 3. The second-order valence-electron chi connectivity index (χ2n) is 4.58. The zero-order valence-electron chi connectivity index (χ0n) is 10.7. The first kappa shape index (κ1) is 12.4. The monoisotopic (exact) mass is 315 g/mol. The van der Waals surface area contributed by atoms with E-state index in [2.05, 4.69) is 57.1 Å².